The van der Waals surface area contributed by atoms with Crippen LogP contribution in [0, 0.1) is 12.8 Å². The summed E-state index contributed by atoms with van der Waals surface area (Å²) < 4.78 is 1.96. The molecule has 2 N–H and O–H groups in total. The molecule has 0 bridgehead atoms. The van der Waals surface area contributed by atoms with Crippen LogP contribution in [0.15, 0.2) is 6.07 Å². The molecular formula is C10H19N3. The molecule has 0 aliphatic heterocycles. The molecule has 0 amide bonds. The van der Waals surface area contributed by atoms with Crippen LogP contribution in [0.1, 0.15) is 24.7 Å². The maximum absolute atomic E-state index is 5.56. The Morgan fingerprint density at radius 3 is 2.77 bits per heavy atom. The average Bonchev–Trinajstić information content (AvgIpc) is 2.41. The lowest BCUT2D eigenvalue weighted by Crippen LogP contribution is -2.12. The van der Waals surface area contributed by atoms with Gasteiger partial charge in [-0.25, -0.2) is 0 Å². The lowest BCUT2D eigenvalue weighted by atomic mass is 10.0. The normalized spacial score (nSPS) is 13.2. The maximum atomic E-state index is 5.56. The van der Waals surface area contributed by atoms with Gasteiger partial charge >= 0.3 is 0 Å². The SMILES string of the molecule is Cc1cc(CCC(C)CN)n(C)n1. The van der Waals surface area contributed by atoms with Crippen molar-refractivity contribution in [1.29, 1.82) is 0 Å². The molecule has 0 aliphatic carbocycles. The average molecular weight is 181 g/mol. The number of hydrogen-bond donors (Lipinski definition) is 1. The van der Waals surface area contributed by atoms with Gasteiger partial charge in [-0.1, -0.05) is 6.92 Å². The summed E-state index contributed by atoms with van der Waals surface area (Å²) in [6, 6.07) is 2.14. The van der Waals surface area contributed by atoms with Crippen molar-refractivity contribution in [3.63, 3.8) is 0 Å². The number of aromatic nitrogens is 2. The topological polar surface area (TPSA) is 43.8 Å². The molecule has 3 nitrogen and oxygen atoms in total. The van der Waals surface area contributed by atoms with Crippen LogP contribution >= 0.6 is 0 Å². The Morgan fingerprint density at radius 1 is 1.62 bits per heavy atom. The summed E-state index contributed by atoms with van der Waals surface area (Å²) in [4.78, 5) is 0. The standard InChI is InChI=1S/C10H19N3/c1-8(7-11)4-5-10-6-9(2)12-13(10)3/h6,8H,4-5,7,11H2,1-3H3. The monoisotopic (exact) mass is 181 g/mol. The first kappa shape index (κ1) is 10.3. The summed E-state index contributed by atoms with van der Waals surface area (Å²) in [5, 5.41) is 4.30. The molecule has 3 heteroatoms. The molecule has 1 rings (SSSR count). The smallest absolute Gasteiger partial charge is 0.0596 e. The van der Waals surface area contributed by atoms with E-state index in [1.807, 2.05) is 18.7 Å². The fourth-order valence-electron chi connectivity index (χ4n) is 1.41. The van der Waals surface area contributed by atoms with Crippen molar-refractivity contribution >= 4 is 0 Å². The van der Waals surface area contributed by atoms with Gasteiger partial charge in [0, 0.05) is 12.7 Å². The van der Waals surface area contributed by atoms with E-state index in [9.17, 15) is 0 Å². The second kappa shape index (κ2) is 4.42. The van der Waals surface area contributed by atoms with E-state index in [1.165, 1.54) is 5.69 Å². The third-order valence-electron chi connectivity index (χ3n) is 2.39. The zero-order chi connectivity index (χ0) is 9.84. The Balaban J connectivity index is 2.49. The molecule has 0 spiro atoms. The van der Waals surface area contributed by atoms with Crippen LogP contribution in [0.2, 0.25) is 0 Å². The van der Waals surface area contributed by atoms with Gasteiger partial charge in [-0.2, -0.15) is 5.10 Å². The molecule has 74 valence electrons. The van der Waals surface area contributed by atoms with Crippen LogP contribution in [0.4, 0.5) is 0 Å². The summed E-state index contributed by atoms with van der Waals surface area (Å²) in [6.07, 6.45) is 2.23. The first-order chi connectivity index (χ1) is 6.13. The van der Waals surface area contributed by atoms with Crippen molar-refractivity contribution in [2.24, 2.45) is 18.7 Å². The summed E-state index contributed by atoms with van der Waals surface area (Å²) in [6.45, 7) is 4.98. The predicted octanol–water partition coefficient (Wildman–Crippen LogP) is 1.26. The lowest BCUT2D eigenvalue weighted by Gasteiger charge is -2.07. The number of nitrogens with zero attached hydrogens (tertiary/aromatic N) is 2. The van der Waals surface area contributed by atoms with E-state index >= 15 is 0 Å². The second-order valence-corrected chi connectivity index (χ2v) is 3.78. The highest BCUT2D eigenvalue weighted by molar-refractivity contribution is 5.08. The zero-order valence-electron chi connectivity index (χ0n) is 8.75. The lowest BCUT2D eigenvalue weighted by molar-refractivity contribution is 0.530. The summed E-state index contributed by atoms with van der Waals surface area (Å²) in [7, 11) is 2.00. The molecule has 1 aromatic heterocycles. The Labute approximate surface area is 79.9 Å². The highest BCUT2D eigenvalue weighted by Crippen LogP contribution is 2.09. The third kappa shape index (κ3) is 2.84. The Morgan fingerprint density at radius 2 is 2.31 bits per heavy atom. The molecule has 0 radical (unpaired) electrons. The summed E-state index contributed by atoms with van der Waals surface area (Å²) >= 11 is 0. The van der Waals surface area contributed by atoms with Gasteiger partial charge < -0.3 is 5.73 Å². The van der Waals surface area contributed by atoms with Gasteiger partial charge in [0.25, 0.3) is 0 Å². The Bertz CT molecular complexity index is 265. The first-order valence-corrected chi connectivity index (χ1v) is 4.83. The fraction of sp³-hybridized carbons (Fsp3) is 0.700. The second-order valence-electron chi connectivity index (χ2n) is 3.78. The predicted molar refractivity (Wildman–Crippen MR) is 54.5 cm³/mol. The Hall–Kier alpha value is -0.830. The zero-order valence-corrected chi connectivity index (χ0v) is 8.75. The molecule has 0 aromatic carbocycles. The van der Waals surface area contributed by atoms with Gasteiger partial charge in [0.05, 0.1) is 5.69 Å². The van der Waals surface area contributed by atoms with Crippen LogP contribution < -0.4 is 5.73 Å². The van der Waals surface area contributed by atoms with E-state index in [1.54, 1.807) is 0 Å². The summed E-state index contributed by atoms with van der Waals surface area (Å²) in [5.41, 5.74) is 7.96. The quantitative estimate of drug-likeness (QED) is 0.760. The molecule has 13 heavy (non-hydrogen) atoms. The molecule has 0 saturated heterocycles. The van der Waals surface area contributed by atoms with Crippen molar-refractivity contribution in [1.82, 2.24) is 9.78 Å². The number of nitrogens with two attached hydrogens (primary N) is 1. The molecule has 0 aliphatic rings. The van der Waals surface area contributed by atoms with Crippen molar-refractivity contribution in [2.45, 2.75) is 26.7 Å². The number of aryl methyl sites for hydroxylation is 3. The molecule has 0 saturated carbocycles. The van der Waals surface area contributed by atoms with E-state index in [4.69, 9.17) is 5.73 Å². The van der Waals surface area contributed by atoms with E-state index in [0.29, 0.717) is 5.92 Å². The molecule has 1 heterocycles. The van der Waals surface area contributed by atoms with Gasteiger partial charge in [-0.3, -0.25) is 4.68 Å². The fourth-order valence-corrected chi connectivity index (χ4v) is 1.41. The van der Waals surface area contributed by atoms with Crippen LogP contribution in [0.5, 0.6) is 0 Å². The maximum Gasteiger partial charge on any atom is 0.0596 e. The van der Waals surface area contributed by atoms with Crippen LogP contribution in [0.3, 0.4) is 0 Å². The van der Waals surface area contributed by atoms with Gasteiger partial charge in [-0.15, -0.1) is 0 Å². The first-order valence-electron chi connectivity index (χ1n) is 4.83. The highest BCUT2D eigenvalue weighted by atomic mass is 15.3. The van der Waals surface area contributed by atoms with Gasteiger partial charge in [-0.05, 0) is 38.3 Å². The molecule has 1 aromatic rings. The molecule has 0 fully saturated rings. The summed E-state index contributed by atoms with van der Waals surface area (Å²) in [5.74, 6) is 0.607. The van der Waals surface area contributed by atoms with E-state index in [-0.39, 0.29) is 0 Å². The molecule has 1 unspecified atom stereocenters. The minimum atomic E-state index is 0.607. The molecular weight excluding hydrogens is 162 g/mol. The van der Waals surface area contributed by atoms with Gasteiger partial charge in [0.15, 0.2) is 0 Å². The molecule has 1 atom stereocenters. The minimum absolute atomic E-state index is 0.607. The van der Waals surface area contributed by atoms with E-state index in [2.05, 4.69) is 18.1 Å². The van der Waals surface area contributed by atoms with E-state index in [0.717, 1.165) is 25.1 Å². The van der Waals surface area contributed by atoms with Crippen molar-refractivity contribution in [2.75, 3.05) is 6.54 Å². The van der Waals surface area contributed by atoms with Crippen molar-refractivity contribution < 1.29 is 0 Å². The minimum Gasteiger partial charge on any atom is -0.330 e. The van der Waals surface area contributed by atoms with E-state index < -0.39 is 0 Å². The van der Waals surface area contributed by atoms with Crippen molar-refractivity contribution in [3.05, 3.63) is 17.5 Å². The number of rotatable bonds is 4. The largest absolute Gasteiger partial charge is 0.330 e. The van der Waals surface area contributed by atoms with Crippen LogP contribution in [-0.2, 0) is 13.5 Å². The van der Waals surface area contributed by atoms with Crippen molar-refractivity contribution in [3.8, 4) is 0 Å². The Kier molecular flexibility index (Phi) is 3.48. The number of hydrogen-bond acceptors (Lipinski definition) is 2. The van der Waals surface area contributed by atoms with Crippen LogP contribution in [-0.4, -0.2) is 16.3 Å². The van der Waals surface area contributed by atoms with Gasteiger partial charge in [0.1, 0.15) is 0 Å². The third-order valence-corrected chi connectivity index (χ3v) is 2.39. The van der Waals surface area contributed by atoms with Crippen LogP contribution in [0.25, 0.3) is 0 Å². The highest BCUT2D eigenvalue weighted by Gasteiger charge is 2.04. The van der Waals surface area contributed by atoms with Gasteiger partial charge in [0.2, 0.25) is 0 Å².